The first-order valence-electron chi connectivity index (χ1n) is 8.94. The van der Waals surface area contributed by atoms with Gasteiger partial charge in [0.1, 0.15) is 0 Å². The van der Waals surface area contributed by atoms with Crippen molar-refractivity contribution in [1.82, 2.24) is 4.98 Å². The number of carbonyl (C=O) groups is 1. The summed E-state index contributed by atoms with van der Waals surface area (Å²) in [5, 5.41) is 0. The van der Waals surface area contributed by atoms with Crippen LogP contribution in [0.15, 0.2) is 47.0 Å². The molecule has 0 radical (unpaired) electrons. The lowest BCUT2D eigenvalue weighted by atomic mass is 9.61. The van der Waals surface area contributed by atoms with Crippen LogP contribution >= 0.6 is 11.3 Å². The predicted octanol–water partition coefficient (Wildman–Crippen LogP) is 5.08. The zero-order valence-corrected chi connectivity index (χ0v) is 15.2. The van der Waals surface area contributed by atoms with Gasteiger partial charge < -0.3 is 0 Å². The number of Topliss-reactive ketones (excluding diaryl/α,β-unsaturated/α-hetero) is 1. The minimum absolute atomic E-state index is 0.291. The van der Waals surface area contributed by atoms with Crippen LogP contribution in [0.5, 0.6) is 0 Å². The zero-order valence-electron chi connectivity index (χ0n) is 14.3. The van der Waals surface area contributed by atoms with E-state index in [2.05, 4.69) is 43.1 Å². The third kappa shape index (κ3) is 2.14. The number of aromatic nitrogens is 1. The topological polar surface area (TPSA) is 30.0 Å². The average Bonchev–Trinajstić information content (AvgIpc) is 3.09. The van der Waals surface area contributed by atoms with E-state index in [1.54, 1.807) is 11.3 Å². The van der Waals surface area contributed by atoms with Crippen LogP contribution in [0.3, 0.4) is 0 Å². The minimum atomic E-state index is -0.291. The van der Waals surface area contributed by atoms with E-state index in [1.165, 1.54) is 21.7 Å². The van der Waals surface area contributed by atoms with Crippen LogP contribution in [0, 0.1) is 5.92 Å². The van der Waals surface area contributed by atoms with Crippen molar-refractivity contribution in [1.29, 1.82) is 0 Å². The van der Waals surface area contributed by atoms with E-state index in [9.17, 15) is 4.79 Å². The smallest absolute Gasteiger partial charge is 0.160 e. The number of thiazole rings is 1. The molecular weight excluding hydrogens is 314 g/mol. The maximum atomic E-state index is 13.2. The van der Waals surface area contributed by atoms with Crippen molar-refractivity contribution in [3.8, 4) is 0 Å². The van der Waals surface area contributed by atoms with Gasteiger partial charge in [0.15, 0.2) is 5.78 Å². The minimum Gasteiger partial charge on any atom is -0.294 e. The third-order valence-corrected chi connectivity index (χ3v) is 6.88. The Balaban J connectivity index is 1.99. The van der Waals surface area contributed by atoms with Crippen molar-refractivity contribution < 1.29 is 4.79 Å². The molecule has 2 aliphatic rings. The second kappa shape index (κ2) is 5.96. The Morgan fingerprint density at radius 1 is 1.21 bits per heavy atom. The molecule has 0 bridgehead atoms. The molecule has 1 aromatic carbocycles. The average molecular weight is 337 g/mol. The quantitative estimate of drug-likeness (QED) is 0.781. The lowest BCUT2D eigenvalue weighted by Crippen LogP contribution is -2.40. The van der Waals surface area contributed by atoms with Gasteiger partial charge in [-0.15, -0.1) is 11.3 Å². The van der Waals surface area contributed by atoms with Crippen LogP contribution in [0.2, 0.25) is 0 Å². The van der Waals surface area contributed by atoms with Crippen LogP contribution in [-0.4, -0.2) is 10.8 Å². The summed E-state index contributed by atoms with van der Waals surface area (Å²) in [7, 11) is 0. The molecular formula is C21H23NOS. The Bertz CT molecular complexity index is 804. The number of ketones is 1. The molecule has 2 aliphatic carbocycles. The van der Waals surface area contributed by atoms with Crippen molar-refractivity contribution >= 4 is 17.1 Å². The predicted molar refractivity (Wildman–Crippen MR) is 98.4 cm³/mol. The molecule has 1 heterocycles. The number of rotatable bonds is 3. The van der Waals surface area contributed by atoms with E-state index < -0.39 is 0 Å². The van der Waals surface area contributed by atoms with E-state index in [4.69, 9.17) is 0 Å². The number of hydrogen-bond acceptors (Lipinski definition) is 3. The first-order valence-corrected chi connectivity index (χ1v) is 9.82. The third-order valence-electron chi connectivity index (χ3n) is 5.85. The highest BCUT2D eigenvalue weighted by Gasteiger charge is 2.48. The summed E-state index contributed by atoms with van der Waals surface area (Å²) in [6.07, 6.45) is 4.62. The summed E-state index contributed by atoms with van der Waals surface area (Å²) in [5.41, 5.74) is 6.54. The molecule has 0 fully saturated rings. The monoisotopic (exact) mass is 337 g/mol. The molecule has 124 valence electrons. The summed E-state index contributed by atoms with van der Waals surface area (Å²) in [4.78, 5) is 19.2. The Labute approximate surface area is 147 Å². The van der Waals surface area contributed by atoms with Crippen LogP contribution in [-0.2, 0) is 16.6 Å². The summed E-state index contributed by atoms with van der Waals surface area (Å²) in [6, 6.07) is 10.6. The fourth-order valence-electron chi connectivity index (χ4n) is 4.67. The normalized spacial score (nSPS) is 26.2. The Hall–Kier alpha value is -1.74. The van der Waals surface area contributed by atoms with Gasteiger partial charge in [0, 0.05) is 23.3 Å². The summed E-state index contributed by atoms with van der Waals surface area (Å²) >= 11 is 1.72. The molecule has 1 aromatic heterocycles. The van der Waals surface area contributed by atoms with E-state index in [-0.39, 0.29) is 5.41 Å². The highest BCUT2D eigenvalue weighted by Crippen LogP contribution is 2.53. The summed E-state index contributed by atoms with van der Waals surface area (Å²) in [5.74, 6) is 0.870. The molecule has 0 unspecified atom stereocenters. The highest BCUT2D eigenvalue weighted by atomic mass is 32.1. The SMILES string of the molecule is CC[C@@H]1CC(=O)C2=C(Cc3ncsc3[C@]2(CC)c2ccccc2)C1. The van der Waals surface area contributed by atoms with Crippen LogP contribution in [0.25, 0.3) is 0 Å². The Kier molecular flexibility index (Phi) is 3.92. The lowest BCUT2D eigenvalue weighted by molar-refractivity contribution is -0.117. The van der Waals surface area contributed by atoms with E-state index in [1.807, 2.05) is 11.6 Å². The fraction of sp³-hybridized carbons (Fsp3) is 0.429. The van der Waals surface area contributed by atoms with Gasteiger partial charge in [-0.2, -0.15) is 0 Å². The van der Waals surface area contributed by atoms with Gasteiger partial charge >= 0.3 is 0 Å². The van der Waals surface area contributed by atoms with Gasteiger partial charge in [0.25, 0.3) is 0 Å². The standard InChI is InChI=1S/C21H23NOS/c1-3-14-10-15-12-17-20(24-13-22-17)21(4-2,19(15)18(23)11-14)16-8-6-5-7-9-16/h5-9,13-14H,3-4,10-12H2,1-2H3/t14-,21+/m0/s1. The number of carbonyl (C=O) groups excluding carboxylic acids is 1. The van der Waals surface area contributed by atoms with E-state index in [0.29, 0.717) is 18.1 Å². The second-order valence-electron chi connectivity index (χ2n) is 7.01. The molecule has 0 amide bonds. The highest BCUT2D eigenvalue weighted by molar-refractivity contribution is 7.10. The molecule has 3 heteroatoms. The first-order chi connectivity index (χ1) is 11.7. The number of allylic oxidation sites excluding steroid dienone is 2. The van der Waals surface area contributed by atoms with Crippen molar-refractivity contribution in [2.75, 3.05) is 0 Å². The van der Waals surface area contributed by atoms with Crippen molar-refractivity contribution in [3.63, 3.8) is 0 Å². The van der Waals surface area contributed by atoms with Crippen LogP contribution in [0.4, 0.5) is 0 Å². The van der Waals surface area contributed by atoms with Gasteiger partial charge in [-0.25, -0.2) is 4.98 Å². The van der Waals surface area contributed by atoms with Crippen molar-refractivity contribution in [2.24, 2.45) is 5.92 Å². The fourth-order valence-corrected chi connectivity index (χ4v) is 5.78. The molecule has 2 nitrogen and oxygen atoms in total. The molecule has 0 saturated carbocycles. The van der Waals surface area contributed by atoms with E-state index >= 15 is 0 Å². The van der Waals surface area contributed by atoms with Crippen LogP contribution in [0.1, 0.15) is 55.7 Å². The second-order valence-corrected chi connectivity index (χ2v) is 7.87. The van der Waals surface area contributed by atoms with Crippen LogP contribution < -0.4 is 0 Å². The zero-order chi connectivity index (χ0) is 16.7. The molecule has 0 saturated heterocycles. The number of nitrogens with zero attached hydrogens (tertiary/aromatic N) is 1. The maximum absolute atomic E-state index is 13.2. The Morgan fingerprint density at radius 2 is 2.00 bits per heavy atom. The van der Waals surface area contributed by atoms with Gasteiger partial charge in [0.2, 0.25) is 0 Å². The Morgan fingerprint density at radius 3 is 2.71 bits per heavy atom. The molecule has 2 atom stereocenters. The number of benzene rings is 1. The van der Waals surface area contributed by atoms with Crippen molar-refractivity contribution in [3.05, 3.63) is 63.1 Å². The maximum Gasteiger partial charge on any atom is 0.160 e. The molecule has 4 rings (SSSR count). The number of hydrogen-bond donors (Lipinski definition) is 0. The first kappa shape index (κ1) is 15.8. The van der Waals surface area contributed by atoms with Gasteiger partial charge in [0.05, 0.1) is 16.6 Å². The van der Waals surface area contributed by atoms with Gasteiger partial charge in [-0.05, 0) is 24.3 Å². The van der Waals surface area contributed by atoms with Gasteiger partial charge in [-0.3, -0.25) is 4.79 Å². The molecule has 0 spiro atoms. The molecule has 24 heavy (non-hydrogen) atoms. The summed E-state index contributed by atoms with van der Waals surface area (Å²) in [6.45, 7) is 4.41. The lowest BCUT2D eigenvalue weighted by Gasteiger charge is -2.42. The summed E-state index contributed by atoms with van der Waals surface area (Å²) < 4.78 is 0. The number of fused-ring (bicyclic) bond motifs is 1. The molecule has 0 N–H and O–H groups in total. The molecule has 0 aliphatic heterocycles. The van der Waals surface area contributed by atoms with E-state index in [0.717, 1.165) is 31.3 Å². The molecule has 2 aromatic rings. The van der Waals surface area contributed by atoms with Gasteiger partial charge in [-0.1, -0.05) is 56.2 Å². The largest absolute Gasteiger partial charge is 0.294 e. The van der Waals surface area contributed by atoms with Crippen molar-refractivity contribution in [2.45, 2.75) is 51.4 Å².